The quantitative estimate of drug-likeness (QED) is 0.624. The average molecular weight is 172 g/mol. The summed E-state index contributed by atoms with van der Waals surface area (Å²) in [5, 5.41) is 2.80. The molecule has 1 heterocycles. The Kier molecular flexibility index (Phi) is 3.34. The van der Waals surface area contributed by atoms with Crippen molar-refractivity contribution in [2.75, 3.05) is 27.2 Å². The number of hydrogen-bond donors (Lipinski definition) is 1. The van der Waals surface area contributed by atoms with Gasteiger partial charge in [0.1, 0.15) is 0 Å². The number of carbonyl (C=O) groups is 1. The lowest BCUT2D eigenvalue weighted by atomic mass is 10.1. The third-order valence-corrected chi connectivity index (χ3v) is 2.13. The zero-order valence-corrected chi connectivity index (χ0v) is 7.67. The van der Waals surface area contributed by atoms with Crippen LogP contribution in [0.25, 0.3) is 0 Å². The predicted molar refractivity (Wildman–Crippen MR) is 46.1 cm³/mol. The Morgan fingerprint density at radius 3 is 3.00 bits per heavy atom. The van der Waals surface area contributed by atoms with E-state index in [0.717, 1.165) is 25.9 Å². The molecule has 70 valence electrons. The molecule has 0 aromatic carbocycles. The molecule has 4 nitrogen and oxygen atoms in total. The highest BCUT2D eigenvalue weighted by atomic mass is 16.5. The van der Waals surface area contributed by atoms with Crippen molar-refractivity contribution in [2.24, 2.45) is 0 Å². The van der Waals surface area contributed by atoms with E-state index in [0.29, 0.717) is 0 Å². The molecule has 1 saturated heterocycles. The minimum absolute atomic E-state index is 0.260. The first-order chi connectivity index (χ1) is 5.72. The van der Waals surface area contributed by atoms with Crippen LogP contribution >= 0.6 is 0 Å². The average Bonchev–Trinajstić information content (AvgIpc) is 2.04. The van der Waals surface area contributed by atoms with Crippen LogP contribution in [0.2, 0.25) is 0 Å². The van der Waals surface area contributed by atoms with Crippen LogP contribution in [0.5, 0.6) is 0 Å². The number of carbonyl (C=O) groups excluding carboxylic acids is 1. The molecule has 1 rings (SSSR count). The molecule has 1 atom stereocenters. The van der Waals surface area contributed by atoms with Gasteiger partial charge in [-0.1, -0.05) is 0 Å². The first-order valence-corrected chi connectivity index (χ1v) is 4.25. The molecule has 0 aromatic rings. The zero-order valence-electron chi connectivity index (χ0n) is 7.67. The molecule has 0 bridgehead atoms. The Balaban J connectivity index is 2.27. The number of rotatable bonds is 1. The first kappa shape index (κ1) is 9.32. The number of nitrogens with one attached hydrogen (secondary N) is 1. The standard InChI is InChI=1S/C8H16N2O2/c1-10-5-3-4-7(6-10)9-8(11)12-2/h7H,3-6H2,1-2H3,(H,9,11)/t7-/m1/s1. The van der Waals surface area contributed by atoms with Gasteiger partial charge in [-0.3, -0.25) is 0 Å². The Hall–Kier alpha value is -0.770. The molecule has 0 saturated carbocycles. The van der Waals surface area contributed by atoms with Gasteiger partial charge in [0.15, 0.2) is 0 Å². The smallest absolute Gasteiger partial charge is 0.407 e. The number of amides is 1. The first-order valence-electron chi connectivity index (χ1n) is 4.25. The summed E-state index contributed by atoms with van der Waals surface area (Å²) in [6.07, 6.45) is 1.88. The molecule has 1 amide bonds. The summed E-state index contributed by atoms with van der Waals surface area (Å²) in [7, 11) is 3.45. The maximum absolute atomic E-state index is 10.8. The molecule has 0 aliphatic carbocycles. The van der Waals surface area contributed by atoms with Crippen LogP contribution in [0.3, 0.4) is 0 Å². The van der Waals surface area contributed by atoms with Gasteiger partial charge in [-0.15, -0.1) is 0 Å². The van der Waals surface area contributed by atoms with E-state index < -0.39 is 0 Å². The Labute approximate surface area is 72.9 Å². The van der Waals surface area contributed by atoms with Crippen molar-refractivity contribution >= 4 is 6.09 Å². The summed E-state index contributed by atoms with van der Waals surface area (Å²) >= 11 is 0. The van der Waals surface area contributed by atoms with Crippen LogP contribution in [0, 0.1) is 0 Å². The maximum Gasteiger partial charge on any atom is 0.407 e. The van der Waals surface area contributed by atoms with E-state index in [1.54, 1.807) is 0 Å². The molecule has 1 N–H and O–H groups in total. The normalized spacial score (nSPS) is 25.0. The number of alkyl carbamates (subject to hydrolysis) is 1. The molecule has 4 heteroatoms. The highest BCUT2D eigenvalue weighted by Crippen LogP contribution is 2.07. The lowest BCUT2D eigenvalue weighted by Crippen LogP contribution is -2.46. The zero-order chi connectivity index (χ0) is 8.97. The van der Waals surface area contributed by atoms with Crippen molar-refractivity contribution in [3.63, 3.8) is 0 Å². The molecule has 1 aliphatic heterocycles. The van der Waals surface area contributed by atoms with Gasteiger partial charge < -0.3 is 15.0 Å². The summed E-state index contributed by atoms with van der Waals surface area (Å²) < 4.78 is 4.52. The molecule has 0 radical (unpaired) electrons. The SMILES string of the molecule is COC(=O)N[C@@H]1CCCN(C)C1. The van der Waals surface area contributed by atoms with Gasteiger partial charge in [0.25, 0.3) is 0 Å². The van der Waals surface area contributed by atoms with Crippen LogP contribution in [-0.4, -0.2) is 44.3 Å². The van der Waals surface area contributed by atoms with Crippen molar-refractivity contribution in [2.45, 2.75) is 18.9 Å². The van der Waals surface area contributed by atoms with E-state index in [-0.39, 0.29) is 12.1 Å². The summed E-state index contributed by atoms with van der Waals surface area (Å²) in [6, 6.07) is 0.260. The molecular weight excluding hydrogens is 156 g/mol. The van der Waals surface area contributed by atoms with Crippen LogP contribution < -0.4 is 5.32 Å². The van der Waals surface area contributed by atoms with E-state index in [2.05, 4.69) is 22.0 Å². The van der Waals surface area contributed by atoms with Gasteiger partial charge in [0.05, 0.1) is 7.11 Å². The largest absolute Gasteiger partial charge is 0.453 e. The van der Waals surface area contributed by atoms with E-state index >= 15 is 0 Å². The van der Waals surface area contributed by atoms with Gasteiger partial charge in [-0.2, -0.15) is 0 Å². The van der Waals surface area contributed by atoms with Crippen LogP contribution in [0.15, 0.2) is 0 Å². The molecule has 0 aromatic heterocycles. The van der Waals surface area contributed by atoms with Gasteiger partial charge in [-0.25, -0.2) is 4.79 Å². The second-order valence-electron chi connectivity index (χ2n) is 3.24. The van der Waals surface area contributed by atoms with Crippen molar-refractivity contribution < 1.29 is 9.53 Å². The number of hydrogen-bond acceptors (Lipinski definition) is 3. The number of methoxy groups -OCH3 is 1. The molecule has 1 fully saturated rings. The fraction of sp³-hybridized carbons (Fsp3) is 0.875. The summed E-state index contributed by atoms with van der Waals surface area (Å²) in [6.45, 7) is 2.05. The van der Waals surface area contributed by atoms with E-state index in [1.165, 1.54) is 7.11 Å². The molecule has 12 heavy (non-hydrogen) atoms. The van der Waals surface area contributed by atoms with Gasteiger partial charge in [-0.05, 0) is 26.4 Å². The third-order valence-electron chi connectivity index (χ3n) is 2.13. The highest BCUT2D eigenvalue weighted by Gasteiger charge is 2.18. The van der Waals surface area contributed by atoms with Crippen molar-refractivity contribution in [3.05, 3.63) is 0 Å². The molecule has 0 unspecified atom stereocenters. The Morgan fingerprint density at radius 1 is 1.67 bits per heavy atom. The maximum atomic E-state index is 10.8. The second kappa shape index (κ2) is 4.30. The topological polar surface area (TPSA) is 41.6 Å². The number of likely N-dealkylation sites (N-methyl/N-ethyl adjacent to an activating group) is 1. The Morgan fingerprint density at radius 2 is 2.42 bits per heavy atom. The summed E-state index contributed by atoms with van der Waals surface area (Å²) in [4.78, 5) is 13.0. The molecule has 1 aliphatic rings. The lowest BCUT2D eigenvalue weighted by molar-refractivity contribution is 0.154. The van der Waals surface area contributed by atoms with E-state index in [9.17, 15) is 4.79 Å². The number of nitrogens with zero attached hydrogens (tertiary/aromatic N) is 1. The van der Waals surface area contributed by atoms with Crippen molar-refractivity contribution in [3.8, 4) is 0 Å². The summed E-state index contributed by atoms with van der Waals surface area (Å²) in [5.41, 5.74) is 0. The number of ether oxygens (including phenoxy) is 1. The third kappa shape index (κ3) is 2.70. The minimum atomic E-state index is -0.324. The van der Waals surface area contributed by atoms with Gasteiger partial charge in [0.2, 0.25) is 0 Å². The lowest BCUT2D eigenvalue weighted by Gasteiger charge is -2.29. The fourth-order valence-corrected chi connectivity index (χ4v) is 1.51. The number of likely N-dealkylation sites (tertiary alicyclic amines) is 1. The van der Waals surface area contributed by atoms with Gasteiger partial charge in [0, 0.05) is 12.6 Å². The van der Waals surface area contributed by atoms with Crippen molar-refractivity contribution in [1.29, 1.82) is 0 Å². The van der Waals surface area contributed by atoms with E-state index in [4.69, 9.17) is 0 Å². The summed E-state index contributed by atoms with van der Waals surface area (Å²) in [5.74, 6) is 0. The second-order valence-corrected chi connectivity index (χ2v) is 3.24. The van der Waals surface area contributed by atoms with Crippen LogP contribution in [-0.2, 0) is 4.74 Å². The highest BCUT2D eigenvalue weighted by molar-refractivity contribution is 5.67. The predicted octanol–water partition coefficient (Wildman–Crippen LogP) is 0.437. The van der Waals surface area contributed by atoms with Gasteiger partial charge >= 0.3 is 6.09 Å². The Bertz CT molecular complexity index is 161. The fourth-order valence-electron chi connectivity index (χ4n) is 1.51. The molecule has 0 spiro atoms. The van der Waals surface area contributed by atoms with Crippen LogP contribution in [0.4, 0.5) is 4.79 Å². The van der Waals surface area contributed by atoms with Crippen LogP contribution in [0.1, 0.15) is 12.8 Å². The van der Waals surface area contributed by atoms with E-state index in [1.807, 2.05) is 0 Å². The monoisotopic (exact) mass is 172 g/mol. The van der Waals surface area contributed by atoms with Crippen molar-refractivity contribution in [1.82, 2.24) is 10.2 Å². The molecular formula is C8H16N2O2. The number of piperidine rings is 1. The minimum Gasteiger partial charge on any atom is -0.453 e.